The van der Waals surface area contributed by atoms with Crippen molar-refractivity contribution in [2.24, 2.45) is 5.92 Å². The molecule has 18 heavy (non-hydrogen) atoms. The summed E-state index contributed by atoms with van der Waals surface area (Å²) in [4.78, 5) is 30.7. The van der Waals surface area contributed by atoms with Gasteiger partial charge >= 0.3 is 5.97 Å². The van der Waals surface area contributed by atoms with E-state index in [2.05, 4.69) is 0 Å². The second-order valence-corrected chi connectivity index (χ2v) is 3.71. The van der Waals surface area contributed by atoms with Gasteiger partial charge in [-0.25, -0.2) is 0 Å². The van der Waals surface area contributed by atoms with Crippen molar-refractivity contribution in [2.45, 2.75) is 13.0 Å². The van der Waals surface area contributed by atoms with Crippen LogP contribution >= 0.6 is 0 Å². The Labute approximate surface area is 101 Å². The highest BCUT2D eigenvalue weighted by molar-refractivity contribution is 5.70. The van der Waals surface area contributed by atoms with Crippen LogP contribution in [0.15, 0.2) is 24.3 Å². The largest absolute Gasteiger partial charge is 0.481 e. The third kappa shape index (κ3) is 2.78. The van der Waals surface area contributed by atoms with E-state index in [0.717, 1.165) is 12.1 Å². The van der Waals surface area contributed by atoms with Crippen LogP contribution in [0.2, 0.25) is 0 Å². The molecule has 0 bridgehead atoms. The minimum Gasteiger partial charge on any atom is -0.481 e. The lowest BCUT2D eigenvalue weighted by Gasteiger charge is -2.13. The van der Waals surface area contributed by atoms with Gasteiger partial charge in [0, 0.05) is 22.6 Å². The molecule has 1 aromatic carbocycles. The number of aliphatic carboxylic acids is 1. The Morgan fingerprint density at radius 3 is 2.06 bits per heavy atom. The third-order valence-corrected chi connectivity index (χ3v) is 2.54. The lowest BCUT2D eigenvalue weighted by molar-refractivity contribution is -0.535. The van der Waals surface area contributed by atoms with Crippen LogP contribution in [0, 0.1) is 26.1 Å². The van der Waals surface area contributed by atoms with Gasteiger partial charge in [-0.05, 0) is 19.1 Å². The molecule has 0 fully saturated rings. The molecule has 0 aliphatic carbocycles. The van der Waals surface area contributed by atoms with Crippen molar-refractivity contribution in [3.8, 4) is 0 Å². The summed E-state index contributed by atoms with van der Waals surface area (Å²) < 4.78 is 0. The maximum absolute atomic E-state index is 10.9. The fourth-order valence-corrected chi connectivity index (χ4v) is 1.52. The Balaban J connectivity index is 3.11. The summed E-state index contributed by atoms with van der Waals surface area (Å²) in [7, 11) is 0. The summed E-state index contributed by atoms with van der Waals surface area (Å²) in [5, 5.41) is 30.1. The number of benzene rings is 1. The number of hydrogen-bond acceptors (Lipinski definition) is 5. The van der Waals surface area contributed by atoms with Crippen molar-refractivity contribution in [1.82, 2.24) is 0 Å². The Morgan fingerprint density at radius 2 is 1.72 bits per heavy atom. The first-order chi connectivity index (χ1) is 8.34. The number of carbonyl (C=O) groups is 1. The zero-order chi connectivity index (χ0) is 13.9. The molecule has 8 heteroatoms. The minimum atomic E-state index is -1.43. The third-order valence-electron chi connectivity index (χ3n) is 2.54. The Morgan fingerprint density at radius 1 is 1.22 bits per heavy atom. The molecule has 1 N–H and O–H groups in total. The van der Waals surface area contributed by atoms with Crippen LogP contribution in [0.3, 0.4) is 0 Å². The van der Waals surface area contributed by atoms with Crippen LogP contribution in [0.1, 0.15) is 18.5 Å². The number of nitro benzene ring substituents is 1. The van der Waals surface area contributed by atoms with Gasteiger partial charge < -0.3 is 5.11 Å². The molecule has 0 saturated heterocycles. The molecule has 0 saturated carbocycles. The van der Waals surface area contributed by atoms with Gasteiger partial charge in [0.25, 0.3) is 11.7 Å². The van der Waals surface area contributed by atoms with Gasteiger partial charge in [0.1, 0.15) is 5.92 Å². The van der Waals surface area contributed by atoms with E-state index in [1.807, 2.05) is 0 Å². The number of hydrogen-bond donors (Lipinski definition) is 1. The number of carboxylic acids is 1. The number of rotatable bonds is 5. The average Bonchev–Trinajstić information content (AvgIpc) is 2.29. The molecule has 96 valence electrons. The second kappa shape index (κ2) is 5.21. The van der Waals surface area contributed by atoms with Crippen molar-refractivity contribution in [3.63, 3.8) is 0 Å². The van der Waals surface area contributed by atoms with E-state index in [9.17, 15) is 25.0 Å². The van der Waals surface area contributed by atoms with Gasteiger partial charge in [-0.1, -0.05) is 0 Å². The normalized spacial score (nSPS) is 13.6. The Bertz CT molecular complexity index is 484. The number of non-ortho nitro benzene ring substituents is 1. The summed E-state index contributed by atoms with van der Waals surface area (Å²) >= 11 is 0. The SMILES string of the molecule is CC(C(=O)O)C(c1ccc([N+](=O)[O-])cc1)[N+](=O)[O-]. The summed E-state index contributed by atoms with van der Waals surface area (Å²) in [6.07, 6.45) is 0. The van der Waals surface area contributed by atoms with Crippen molar-refractivity contribution in [3.05, 3.63) is 50.1 Å². The summed E-state index contributed by atoms with van der Waals surface area (Å²) in [6, 6.07) is 3.19. The summed E-state index contributed by atoms with van der Waals surface area (Å²) in [6.45, 7) is 1.22. The van der Waals surface area contributed by atoms with E-state index >= 15 is 0 Å². The summed E-state index contributed by atoms with van der Waals surface area (Å²) in [5.41, 5.74) is -0.0793. The minimum absolute atomic E-state index is 0.125. The maximum atomic E-state index is 10.9. The van der Waals surface area contributed by atoms with Gasteiger partial charge in [0.2, 0.25) is 0 Å². The smallest absolute Gasteiger partial charge is 0.313 e. The van der Waals surface area contributed by atoms with Gasteiger partial charge in [0.15, 0.2) is 0 Å². The standard InChI is InChI=1S/C10H10N2O6/c1-6(10(13)14)9(12(17)18)7-2-4-8(5-3-7)11(15)16/h2-6,9H,1H3,(H,13,14). The molecule has 1 rings (SSSR count). The molecular weight excluding hydrogens is 244 g/mol. The number of carboxylic acid groups (broad SMARTS) is 1. The number of nitro groups is 2. The van der Waals surface area contributed by atoms with Gasteiger partial charge in [0.05, 0.1) is 4.92 Å². The highest BCUT2D eigenvalue weighted by Gasteiger charge is 2.35. The molecule has 2 unspecified atom stereocenters. The van der Waals surface area contributed by atoms with Crippen LogP contribution < -0.4 is 0 Å². The van der Waals surface area contributed by atoms with E-state index in [-0.39, 0.29) is 11.3 Å². The Hall–Kier alpha value is -2.51. The fourth-order valence-electron chi connectivity index (χ4n) is 1.52. The molecule has 0 heterocycles. The molecule has 0 amide bonds. The van der Waals surface area contributed by atoms with Crippen LogP contribution in [0.5, 0.6) is 0 Å². The molecule has 0 aliphatic heterocycles. The highest BCUT2D eigenvalue weighted by Crippen LogP contribution is 2.27. The zero-order valence-corrected chi connectivity index (χ0v) is 9.35. The van der Waals surface area contributed by atoms with E-state index in [1.54, 1.807) is 0 Å². The first-order valence-electron chi connectivity index (χ1n) is 4.95. The maximum Gasteiger partial charge on any atom is 0.313 e. The fraction of sp³-hybridized carbons (Fsp3) is 0.300. The molecule has 2 atom stereocenters. The van der Waals surface area contributed by atoms with Crippen LogP contribution in [-0.2, 0) is 4.79 Å². The van der Waals surface area contributed by atoms with Crippen molar-refractivity contribution < 1.29 is 19.7 Å². The zero-order valence-electron chi connectivity index (χ0n) is 9.35. The van der Waals surface area contributed by atoms with Crippen LogP contribution in [-0.4, -0.2) is 20.9 Å². The molecule has 0 spiro atoms. The molecule has 8 nitrogen and oxygen atoms in total. The summed E-state index contributed by atoms with van der Waals surface area (Å²) in [5.74, 6) is -2.52. The van der Waals surface area contributed by atoms with E-state index in [1.165, 1.54) is 19.1 Å². The van der Waals surface area contributed by atoms with E-state index < -0.39 is 27.8 Å². The lowest BCUT2D eigenvalue weighted by Crippen LogP contribution is -2.25. The molecular formula is C10H10N2O6. The highest BCUT2D eigenvalue weighted by atomic mass is 16.6. The van der Waals surface area contributed by atoms with Crippen molar-refractivity contribution >= 4 is 11.7 Å². The predicted octanol–water partition coefficient (Wildman–Crippen LogP) is 1.63. The lowest BCUT2D eigenvalue weighted by atomic mass is 9.95. The van der Waals surface area contributed by atoms with Crippen molar-refractivity contribution in [2.75, 3.05) is 0 Å². The van der Waals surface area contributed by atoms with Gasteiger partial charge in [-0.3, -0.25) is 25.0 Å². The first kappa shape index (κ1) is 13.6. The van der Waals surface area contributed by atoms with E-state index in [0.29, 0.717) is 0 Å². The van der Waals surface area contributed by atoms with E-state index in [4.69, 9.17) is 5.11 Å². The Kier molecular flexibility index (Phi) is 3.93. The first-order valence-corrected chi connectivity index (χ1v) is 4.95. The van der Waals surface area contributed by atoms with Crippen LogP contribution in [0.4, 0.5) is 5.69 Å². The van der Waals surface area contributed by atoms with Gasteiger partial charge in [-0.2, -0.15) is 0 Å². The molecule has 1 aromatic rings. The van der Waals surface area contributed by atoms with Gasteiger partial charge in [-0.15, -0.1) is 0 Å². The molecule has 0 aromatic heterocycles. The van der Waals surface area contributed by atoms with Crippen LogP contribution in [0.25, 0.3) is 0 Å². The number of nitrogens with zero attached hydrogens (tertiary/aromatic N) is 2. The predicted molar refractivity (Wildman–Crippen MR) is 59.6 cm³/mol. The average molecular weight is 254 g/mol. The van der Waals surface area contributed by atoms with Crippen molar-refractivity contribution in [1.29, 1.82) is 0 Å². The second-order valence-electron chi connectivity index (χ2n) is 3.71. The topological polar surface area (TPSA) is 124 Å². The monoisotopic (exact) mass is 254 g/mol. The quantitative estimate of drug-likeness (QED) is 0.629. The molecule has 0 aliphatic rings. The molecule has 0 radical (unpaired) electrons.